The lowest BCUT2D eigenvalue weighted by atomic mass is 10.1. The number of hydrogen-bond donors (Lipinski definition) is 1. The van der Waals surface area contributed by atoms with Crippen LogP contribution in [0.3, 0.4) is 0 Å². The van der Waals surface area contributed by atoms with Crippen LogP contribution in [-0.4, -0.2) is 43.8 Å². The van der Waals surface area contributed by atoms with E-state index < -0.39 is 11.9 Å². The maximum atomic E-state index is 11.1. The predicted molar refractivity (Wildman–Crippen MR) is 92.7 cm³/mol. The normalized spacial score (nSPS) is 9.35. The number of aldehydes is 2. The third kappa shape index (κ3) is 5.27. The number of methoxy groups -OCH3 is 2. The number of hydrogen-bond acceptors (Lipinski definition) is 7. The molecule has 7 heteroatoms. The summed E-state index contributed by atoms with van der Waals surface area (Å²) in [5.41, 5.74) is 2.08. The Kier molecular flexibility index (Phi) is 7.69. The van der Waals surface area contributed by atoms with Gasteiger partial charge in [0.05, 0.1) is 30.9 Å². The van der Waals surface area contributed by atoms with E-state index >= 15 is 0 Å². The van der Waals surface area contributed by atoms with Crippen molar-refractivity contribution in [2.75, 3.05) is 14.2 Å². The summed E-state index contributed by atoms with van der Waals surface area (Å²) >= 11 is 0. The highest BCUT2D eigenvalue weighted by Gasteiger charge is 2.08. The molecule has 0 aliphatic rings. The summed E-state index contributed by atoms with van der Waals surface area (Å²) in [7, 11) is 2.55. The minimum Gasteiger partial charge on any atom is -0.507 e. The summed E-state index contributed by atoms with van der Waals surface area (Å²) < 4.78 is 8.96. The number of aryl methyl sites for hydroxylation is 1. The molecule has 0 heterocycles. The predicted octanol–water partition coefficient (Wildman–Crippen LogP) is 2.59. The minimum atomic E-state index is -0.539. The molecule has 136 valence electrons. The third-order valence-electron chi connectivity index (χ3n) is 3.40. The van der Waals surface area contributed by atoms with E-state index in [0.29, 0.717) is 17.4 Å². The largest absolute Gasteiger partial charge is 0.507 e. The van der Waals surface area contributed by atoms with E-state index in [1.807, 2.05) is 6.92 Å². The van der Waals surface area contributed by atoms with Crippen LogP contribution in [-0.2, 0) is 9.47 Å². The van der Waals surface area contributed by atoms with E-state index in [1.54, 1.807) is 12.1 Å². The summed E-state index contributed by atoms with van der Waals surface area (Å²) in [5, 5.41) is 9.11. The first kappa shape index (κ1) is 20.6. The lowest BCUT2D eigenvalue weighted by Gasteiger charge is -2.01. The lowest BCUT2D eigenvalue weighted by Crippen LogP contribution is -2.02. The Morgan fingerprint density at radius 2 is 1.31 bits per heavy atom. The first-order valence-electron chi connectivity index (χ1n) is 7.38. The molecular formula is C19H18O7. The average molecular weight is 358 g/mol. The van der Waals surface area contributed by atoms with Crippen molar-refractivity contribution in [2.24, 2.45) is 0 Å². The fourth-order valence-corrected chi connectivity index (χ4v) is 1.91. The average Bonchev–Trinajstić information content (AvgIpc) is 2.68. The van der Waals surface area contributed by atoms with E-state index in [0.717, 1.165) is 11.8 Å². The van der Waals surface area contributed by atoms with Crippen molar-refractivity contribution in [3.63, 3.8) is 0 Å². The molecule has 0 aliphatic heterocycles. The Bertz CT molecular complexity index is 755. The number of rotatable bonds is 4. The van der Waals surface area contributed by atoms with Gasteiger partial charge in [0.15, 0.2) is 6.29 Å². The second-order valence-electron chi connectivity index (χ2n) is 5.06. The van der Waals surface area contributed by atoms with Crippen LogP contribution in [0.25, 0.3) is 0 Å². The van der Waals surface area contributed by atoms with E-state index in [9.17, 15) is 19.2 Å². The van der Waals surface area contributed by atoms with E-state index in [1.165, 1.54) is 38.5 Å². The number of ether oxygens (including phenoxy) is 2. The first-order valence-corrected chi connectivity index (χ1v) is 7.38. The Morgan fingerprint density at radius 1 is 0.846 bits per heavy atom. The number of benzene rings is 2. The summed E-state index contributed by atoms with van der Waals surface area (Å²) in [4.78, 5) is 42.9. The topological polar surface area (TPSA) is 107 Å². The molecule has 0 spiro atoms. The van der Waals surface area contributed by atoms with Crippen molar-refractivity contribution in [1.29, 1.82) is 0 Å². The van der Waals surface area contributed by atoms with Crippen LogP contribution in [0.4, 0.5) is 0 Å². The van der Waals surface area contributed by atoms with E-state index in [2.05, 4.69) is 9.47 Å². The van der Waals surface area contributed by atoms with Crippen LogP contribution >= 0.6 is 0 Å². The van der Waals surface area contributed by atoms with Crippen molar-refractivity contribution in [3.8, 4) is 5.75 Å². The van der Waals surface area contributed by atoms with Gasteiger partial charge in [-0.3, -0.25) is 9.59 Å². The molecule has 2 rings (SSSR count). The van der Waals surface area contributed by atoms with Gasteiger partial charge in [-0.2, -0.15) is 0 Å². The third-order valence-corrected chi connectivity index (χ3v) is 3.40. The van der Waals surface area contributed by atoms with Gasteiger partial charge < -0.3 is 14.6 Å². The van der Waals surface area contributed by atoms with Crippen molar-refractivity contribution >= 4 is 24.5 Å². The van der Waals surface area contributed by atoms with Gasteiger partial charge in [-0.25, -0.2) is 9.59 Å². The van der Waals surface area contributed by atoms with Crippen LogP contribution < -0.4 is 0 Å². The molecule has 26 heavy (non-hydrogen) atoms. The monoisotopic (exact) mass is 358 g/mol. The number of aromatic hydroxyl groups is 1. The highest BCUT2D eigenvalue weighted by atomic mass is 16.5. The Balaban J connectivity index is 0.000000260. The first-order chi connectivity index (χ1) is 12.4. The fraction of sp³-hybridized carbons (Fsp3) is 0.158. The molecule has 7 nitrogen and oxygen atoms in total. The number of phenols is 1. The fourth-order valence-electron chi connectivity index (χ4n) is 1.91. The van der Waals surface area contributed by atoms with Crippen molar-refractivity contribution < 1.29 is 33.8 Å². The molecule has 0 atom stereocenters. The molecule has 0 aliphatic carbocycles. The summed E-state index contributed by atoms with van der Waals surface area (Å²) in [6.45, 7) is 1.81. The van der Waals surface area contributed by atoms with Crippen LogP contribution in [0, 0.1) is 6.92 Å². The molecule has 1 N–H and O–H groups in total. The van der Waals surface area contributed by atoms with Gasteiger partial charge in [0, 0.05) is 5.56 Å². The van der Waals surface area contributed by atoms with Gasteiger partial charge in [0.25, 0.3) is 0 Å². The van der Waals surface area contributed by atoms with E-state index in [-0.39, 0.29) is 16.9 Å². The van der Waals surface area contributed by atoms with Gasteiger partial charge in [-0.15, -0.1) is 0 Å². The van der Waals surface area contributed by atoms with Gasteiger partial charge >= 0.3 is 11.9 Å². The van der Waals surface area contributed by atoms with E-state index in [4.69, 9.17) is 5.11 Å². The van der Waals surface area contributed by atoms with Gasteiger partial charge in [-0.1, -0.05) is 6.07 Å². The standard InChI is InChI=1S/C10H10O3.C9H8O4/c1-7-3-4-8(10(12)13-2)5-9(7)6-11;1-13-9(12)6-2-3-8(11)7(4-6)5-10/h3-6H,1-2H3;2-5,11H,1H3. The quantitative estimate of drug-likeness (QED) is 0.661. The molecule has 0 bridgehead atoms. The number of carbonyl (C=O) groups is 4. The smallest absolute Gasteiger partial charge is 0.337 e. The second-order valence-corrected chi connectivity index (χ2v) is 5.06. The van der Waals surface area contributed by atoms with Crippen LogP contribution in [0.5, 0.6) is 5.75 Å². The summed E-state index contributed by atoms with van der Waals surface area (Å²) in [5.74, 6) is -1.12. The SMILES string of the molecule is COC(=O)c1ccc(C)c(C=O)c1.COC(=O)c1ccc(O)c(C=O)c1. The van der Waals surface area contributed by atoms with Crippen molar-refractivity contribution in [2.45, 2.75) is 6.92 Å². The maximum absolute atomic E-state index is 11.1. The van der Waals surface area contributed by atoms with Crippen LogP contribution in [0.2, 0.25) is 0 Å². The number of phenolic OH excluding ortho intramolecular Hbond substituents is 1. The Labute approximate surface area is 150 Å². The zero-order valence-corrected chi connectivity index (χ0v) is 14.5. The van der Waals surface area contributed by atoms with Gasteiger partial charge in [0.1, 0.15) is 12.0 Å². The number of carbonyl (C=O) groups excluding carboxylic acids is 4. The zero-order chi connectivity index (χ0) is 19.7. The molecule has 2 aromatic rings. The maximum Gasteiger partial charge on any atom is 0.337 e. The molecule has 0 unspecified atom stereocenters. The molecular weight excluding hydrogens is 340 g/mol. The molecule has 0 amide bonds. The summed E-state index contributed by atoms with van der Waals surface area (Å²) in [6, 6.07) is 8.80. The van der Waals surface area contributed by atoms with Crippen molar-refractivity contribution in [3.05, 3.63) is 64.2 Å². The zero-order valence-electron chi connectivity index (χ0n) is 14.5. The molecule has 2 aromatic carbocycles. The molecule has 0 fully saturated rings. The molecule has 0 radical (unpaired) electrons. The Morgan fingerprint density at radius 3 is 1.77 bits per heavy atom. The highest BCUT2D eigenvalue weighted by molar-refractivity contribution is 5.93. The summed E-state index contributed by atoms with van der Waals surface area (Å²) in [6.07, 6.45) is 1.20. The Hall–Kier alpha value is -3.48. The minimum absolute atomic E-state index is 0.0721. The van der Waals surface area contributed by atoms with Gasteiger partial charge in [-0.05, 0) is 42.8 Å². The van der Waals surface area contributed by atoms with Gasteiger partial charge in [0.2, 0.25) is 0 Å². The molecule has 0 aromatic heterocycles. The highest BCUT2D eigenvalue weighted by Crippen LogP contribution is 2.16. The molecule has 0 saturated heterocycles. The number of esters is 2. The molecule has 0 saturated carbocycles. The lowest BCUT2D eigenvalue weighted by molar-refractivity contribution is 0.0591. The van der Waals surface area contributed by atoms with Crippen LogP contribution in [0.15, 0.2) is 36.4 Å². The van der Waals surface area contributed by atoms with Crippen molar-refractivity contribution in [1.82, 2.24) is 0 Å². The van der Waals surface area contributed by atoms with Crippen LogP contribution in [0.1, 0.15) is 47.0 Å². The second kappa shape index (κ2) is 9.73.